The van der Waals surface area contributed by atoms with Crippen LogP contribution in [0.2, 0.25) is 5.02 Å². The normalized spacial score (nSPS) is 10.7. The standard InChI is InChI=1S/C14H12ClN3O2/c1-19-11-4-2-3-5-12(11)20-9-14-17-16-13-8-10(15)6-7-18(13)14/h2-8H,9H2,1H3. The van der Waals surface area contributed by atoms with Gasteiger partial charge in [0.15, 0.2) is 23.0 Å². The minimum absolute atomic E-state index is 0.295. The Hall–Kier alpha value is -2.27. The zero-order valence-electron chi connectivity index (χ0n) is 10.8. The van der Waals surface area contributed by atoms with Gasteiger partial charge in [-0.25, -0.2) is 0 Å². The zero-order chi connectivity index (χ0) is 13.9. The highest BCUT2D eigenvalue weighted by atomic mass is 35.5. The third kappa shape index (κ3) is 2.40. The van der Waals surface area contributed by atoms with Gasteiger partial charge >= 0.3 is 0 Å². The summed E-state index contributed by atoms with van der Waals surface area (Å²) in [6.45, 7) is 0.295. The average molecular weight is 290 g/mol. The first-order chi connectivity index (χ1) is 9.78. The van der Waals surface area contributed by atoms with Crippen LogP contribution in [0.25, 0.3) is 5.65 Å². The first kappa shape index (κ1) is 12.7. The van der Waals surface area contributed by atoms with Crippen molar-refractivity contribution < 1.29 is 9.47 Å². The smallest absolute Gasteiger partial charge is 0.175 e. The second-order valence-corrected chi connectivity index (χ2v) is 4.57. The maximum absolute atomic E-state index is 5.91. The van der Waals surface area contributed by atoms with Crippen molar-refractivity contribution in [2.45, 2.75) is 6.61 Å². The van der Waals surface area contributed by atoms with Crippen LogP contribution in [-0.4, -0.2) is 21.7 Å². The molecule has 102 valence electrons. The number of para-hydroxylation sites is 2. The van der Waals surface area contributed by atoms with Gasteiger partial charge in [0.2, 0.25) is 0 Å². The minimum atomic E-state index is 0.295. The van der Waals surface area contributed by atoms with Crippen LogP contribution in [-0.2, 0) is 6.61 Å². The maximum atomic E-state index is 5.91. The fraction of sp³-hybridized carbons (Fsp3) is 0.143. The van der Waals surface area contributed by atoms with Gasteiger partial charge in [0.1, 0.15) is 6.61 Å². The Bertz CT molecular complexity index is 742. The van der Waals surface area contributed by atoms with Crippen molar-refractivity contribution >= 4 is 17.2 Å². The molecule has 0 unspecified atom stereocenters. The number of ether oxygens (including phenoxy) is 2. The summed E-state index contributed by atoms with van der Waals surface area (Å²) in [5.74, 6) is 2.05. The van der Waals surface area contributed by atoms with Crippen molar-refractivity contribution in [1.29, 1.82) is 0 Å². The highest BCUT2D eigenvalue weighted by molar-refractivity contribution is 6.30. The van der Waals surface area contributed by atoms with Crippen molar-refractivity contribution in [1.82, 2.24) is 14.6 Å². The van der Waals surface area contributed by atoms with Crippen molar-refractivity contribution in [3.63, 3.8) is 0 Å². The number of nitrogens with zero attached hydrogens (tertiary/aromatic N) is 3. The number of halogens is 1. The molecule has 2 aromatic heterocycles. The number of aromatic nitrogens is 3. The number of fused-ring (bicyclic) bond motifs is 1. The molecule has 0 amide bonds. The quantitative estimate of drug-likeness (QED) is 0.741. The molecule has 0 saturated heterocycles. The van der Waals surface area contributed by atoms with Gasteiger partial charge in [0.05, 0.1) is 7.11 Å². The number of hydrogen-bond donors (Lipinski definition) is 0. The Balaban J connectivity index is 1.83. The lowest BCUT2D eigenvalue weighted by Gasteiger charge is -2.09. The first-order valence-corrected chi connectivity index (χ1v) is 6.41. The third-order valence-electron chi connectivity index (χ3n) is 2.87. The number of benzene rings is 1. The van der Waals surface area contributed by atoms with E-state index in [-0.39, 0.29) is 0 Å². The number of hydrogen-bond acceptors (Lipinski definition) is 4. The summed E-state index contributed by atoms with van der Waals surface area (Å²) in [7, 11) is 1.61. The van der Waals surface area contributed by atoms with Gasteiger partial charge in [-0.1, -0.05) is 23.7 Å². The lowest BCUT2D eigenvalue weighted by Crippen LogP contribution is -2.02. The van der Waals surface area contributed by atoms with E-state index in [4.69, 9.17) is 21.1 Å². The van der Waals surface area contributed by atoms with Crippen LogP contribution < -0.4 is 9.47 Å². The van der Waals surface area contributed by atoms with E-state index in [0.29, 0.717) is 34.6 Å². The van der Waals surface area contributed by atoms with E-state index in [0.717, 1.165) is 0 Å². The van der Waals surface area contributed by atoms with Crippen LogP contribution in [0, 0.1) is 0 Å². The molecule has 5 nitrogen and oxygen atoms in total. The summed E-state index contributed by atoms with van der Waals surface area (Å²) in [5, 5.41) is 8.77. The molecule has 6 heteroatoms. The van der Waals surface area contributed by atoms with E-state index < -0.39 is 0 Å². The van der Waals surface area contributed by atoms with Crippen molar-refractivity contribution in [2.75, 3.05) is 7.11 Å². The van der Waals surface area contributed by atoms with Gasteiger partial charge in [-0.15, -0.1) is 10.2 Å². The molecule has 0 bridgehead atoms. The molecule has 20 heavy (non-hydrogen) atoms. The maximum Gasteiger partial charge on any atom is 0.175 e. The topological polar surface area (TPSA) is 48.7 Å². The predicted molar refractivity (Wildman–Crippen MR) is 75.3 cm³/mol. The highest BCUT2D eigenvalue weighted by Gasteiger charge is 2.08. The van der Waals surface area contributed by atoms with Gasteiger partial charge in [0.25, 0.3) is 0 Å². The molecule has 0 radical (unpaired) electrons. The van der Waals surface area contributed by atoms with Gasteiger partial charge in [-0.3, -0.25) is 4.40 Å². The molecule has 0 spiro atoms. The average Bonchev–Trinajstić information content (AvgIpc) is 2.87. The molecule has 0 aliphatic carbocycles. The third-order valence-corrected chi connectivity index (χ3v) is 3.10. The van der Waals surface area contributed by atoms with E-state index in [1.54, 1.807) is 19.2 Å². The molecule has 2 heterocycles. The number of rotatable bonds is 4. The lowest BCUT2D eigenvalue weighted by molar-refractivity contribution is 0.275. The van der Waals surface area contributed by atoms with Crippen LogP contribution in [0.15, 0.2) is 42.6 Å². The Morgan fingerprint density at radius 3 is 2.75 bits per heavy atom. The number of methoxy groups -OCH3 is 1. The first-order valence-electron chi connectivity index (χ1n) is 6.03. The molecule has 3 rings (SSSR count). The molecule has 0 fully saturated rings. The van der Waals surface area contributed by atoms with Crippen molar-refractivity contribution in [3.05, 3.63) is 53.4 Å². The molecule has 3 aromatic rings. The monoisotopic (exact) mass is 289 g/mol. The molecular formula is C14H12ClN3O2. The second-order valence-electron chi connectivity index (χ2n) is 4.13. The molecular weight excluding hydrogens is 278 g/mol. The van der Waals surface area contributed by atoms with E-state index in [2.05, 4.69) is 10.2 Å². The molecule has 0 N–H and O–H groups in total. The van der Waals surface area contributed by atoms with E-state index in [1.807, 2.05) is 34.9 Å². The summed E-state index contributed by atoms with van der Waals surface area (Å²) in [6.07, 6.45) is 1.82. The summed E-state index contributed by atoms with van der Waals surface area (Å²) in [5.41, 5.74) is 0.691. The number of pyridine rings is 1. The Morgan fingerprint density at radius 2 is 1.95 bits per heavy atom. The largest absolute Gasteiger partial charge is 0.493 e. The Morgan fingerprint density at radius 1 is 1.15 bits per heavy atom. The van der Waals surface area contributed by atoms with Crippen LogP contribution in [0.5, 0.6) is 11.5 Å². The van der Waals surface area contributed by atoms with Crippen LogP contribution in [0.4, 0.5) is 0 Å². The van der Waals surface area contributed by atoms with Crippen LogP contribution in [0.3, 0.4) is 0 Å². The molecule has 1 aromatic carbocycles. The SMILES string of the molecule is COc1ccccc1OCc1nnc2cc(Cl)ccn12. The Kier molecular flexibility index (Phi) is 3.43. The summed E-state index contributed by atoms with van der Waals surface area (Å²) < 4.78 is 12.8. The van der Waals surface area contributed by atoms with Gasteiger partial charge in [0, 0.05) is 17.3 Å². The zero-order valence-corrected chi connectivity index (χ0v) is 11.5. The molecule has 0 aliphatic heterocycles. The lowest BCUT2D eigenvalue weighted by atomic mass is 10.3. The molecule has 0 atom stereocenters. The molecule has 0 aliphatic rings. The summed E-state index contributed by atoms with van der Waals surface area (Å²) >= 11 is 5.91. The van der Waals surface area contributed by atoms with Crippen LogP contribution >= 0.6 is 11.6 Å². The fourth-order valence-corrected chi connectivity index (χ4v) is 2.05. The Labute approximate surface area is 120 Å². The highest BCUT2D eigenvalue weighted by Crippen LogP contribution is 2.26. The fourth-order valence-electron chi connectivity index (χ4n) is 1.89. The van der Waals surface area contributed by atoms with E-state index in [9.17, 15) is 0 Å². The minimum Gasteiger partial charge on any atom is -0.493 e. The summed E-state index contributed by atoms with van der Waals surface area (Å²) in [6, 6.07) is 11.0. The van der Waals surface area contributed by atoms with Gasteiger partial charge in [-0.2, -0.15) is 0 Å². The van der Waals surface area contributed by atoms with Crippen molar-refractivity contribution in [3.8, 4) is 11.5 Å². The van der Waals surface area contributed by atoms with Crippen molar-refractivity contribution in [2.24, 2.45) is 0 Å². The van der Waals surface area contributed by atoms with Gasteiger partial charge < -0.3 is 9.47 Å². The summed E-state index contributed by atoms with van der Waals surface area (Å²) in [4.78, 5) is 0. The molecule has 0 saturated carbocycles. The second kappa shape index (κ2) is 5.38. The van der Waals surface area contributed by atoms with E-state index >= 15 is 0 Å². The predicted octanol–water partition coefficient (Wildman–Crippen LogP) is 2.97. The van der Waals surface area contributed by atoms with Gasteiger partial charge in [-0.05, 0) is 18.2 Å². The van der Waals surface area contributed by atoms with E-state index in [1.165, 1.54) is 0 Å². The van der Waals surface area contributed by atoms with Crippen LogP contribution in [0.1, 0.15) is 5.82 Å².